The Bertz CT molecular complexity index is 835. The lowest BCUT2D eigenvalue weighted by atomic mass is 10.1. The lowest BCUT2D eigenvalue weighted by Crippen LogP contribution is -2.46. The van der Waals surface area contributed by atoms with Gasteiger partial charge in [-0.1, -0.05) is 13.0 Å². The van der Waals surface area contributed by atoms with Gasteiger partial charge in [0.1, 0.15) is 5.82 Å². The molecule has 166 valence electrons. The SMILES string of the molecule is CCN1CCN(c2ccc(CNC(=NC)N(C)Cc3csc(C)n3)cc2F)CC1.I. The van der Waals surface area contributed by atoms with Crippen LogP contribution in [0.2, 0.25) is 0 Å². The van der Waals surface area contributed by atoms with E-state index in [9.17, 15) is 4.39 Å². The van der Waals surface area contributed by atoms with Crippen molar-refractivity contribution in [2.45, 2.75) is 26.9 Å². The van der Waals surface area contributed by atoms with Crippen molar-refractivity contribution >= 4 is 47.0 Å². The van der Waals surface area contributed by atoms with Gasteiger partial charge in [0.15, 0.2) is 5.96 Å². The van der Waals surface area contributed by atoms with Gasteiger partial charge in [-0.15, -0.1) is 35.3 Å². The molecule has 2 aromatic rings. The molecule has 0 spiro atoms. The Labute approximate surface area is 200 Å². The fourth-order valence-corrected chi connectivity index (χ4v) is 4.19. The molecule has 3 rings (SSSR count). The summed E-state index contributed by atoms with van der Waals surface area (Å²) in [6.45, 7) is 10.1. The molecule has 1 fully saturated rings. The molecule has 0 amide bonds. The first kappa shape index (κ1) is 24.8. The Hall–Kier alpha value is -1.46. The molecular weight excluding hydrogens is 514 g/mol. The fourth-order valence-electron chi connectivity index (χ4n) is 3.59. The van der Waals surface area contributed by atoms with E-state index in [1.54, 1.807) is 24.5 Å². The second-order valence-corrected chi connectivity index (χ2v) is 8.38. The maximum absolute atomic E-state index is 14.7. The van der Waals surface area contributed by atoms with Crippen molar-refractivity contribution in [1.82, 2.24) is 20.1 Å². The lowest BCUT2D eigenvalue weighted by molar-refractivity contribution is 0.270. The third kappa shape index (κ3) is 6.52. The summed E-state index contributed by atoms with van der Waals surface area (Å²) < 4.78 is 14.7. The lowest BCUT2D eigenvalue weighted by Gasteiger charge is -2.35. The van der Waals surface area contributed by atoms with Crippen molar-refractivity contribution in [2.24, 2.45) is 4.99 Å². The first-order chi connectivity index (χ1) is 14.0. The highest BCUT2D eigenvalue weighted by molar-refractivity contribution is 14.0. The van der Waals surface area contributed by atoms with Crippen LogP contribution in [0.15, 0.2) is 28.6 Å². The average molecular weight is 546 g/mol. The van der Waals surface area contributed by atoms with Crippen molar-refractivity contribution < 1.29 is 4.39 Å². The van der Waals surface area contributed by atoms with E-state index in [-0.39, 0.29) is 29.8 Å². The number of benzene rings is 1. The summed E-state index contributed by atoms with van der Waals surface area (Å²) in [5.41, 5.74) is 2.62. The average Bonchev–Trinajstić information content (AvgIpc) is 3.13. The molecule has 1 aliphatic heterocycles. The van der Waals surface area contributed by atoms with E-state index >= 15 is 0 Å². The number of thiazole rings is 1. The molecule has 2 heterocycles. The van der Waals surface area contributed by atoms with Crippen LogP contribution in [0.25, 0.3) is 0 Å². The highest BCUT2D eigenvalue weighted by Crippen LogP contribution is 2.22. The van der Waals surface area contributed by atoms with Gasteiger partial charge in [0.25, 0.3) is 0 Å². The molecule has 9 heteroatoms. The molecule has 1 aromatic heterocycles. The maximum Gasteiger partial charge on any atom is 0.194 e. The third-order valence-electron chi connectivity index (χ3n) is 5.26. The number of hydrogen-bond donors (Lipinski definition) is 1. The number of likely N-dealkylation sites (N-methyl/N-ethyl adjacent to an activating group) is 1. The normalized spacial score (nSPS) is 15.1. The van der Waals surface area contributed by atoms with Gasteiger partial charge in [0.2, 0.25) is 0 Å². The van der Waals surface area contributed by atoms with Crippen molar-refractivity contribution in [3.8, 4) is 0 Å². The number of nitrogens with one attached hydrogen (secondary N) is 1. The third-order valence-corrected chi connectivity index (χ3v) is 6.08. The van der Waals surface area contributed by atoms with Gasteiger partial charge in [0, 0.05) is 52.2 Å². The molecule has 6 nitrogen and oxygen atoms in total. The summed E-state index contributed by atoms with van der Waals surface area (Å²) >= 11 is 1.65. The van der Waals surface area contributed by atoms with Gasteiger partial charge in [-0.2, -0.15) is 0 Å². The number of aryl methyl sites for hydroxylation is 1. The Kier molecular flexibility index (Phi) is 9.76. The standard InChI is InChI=1S/C21H31FN6S.HI/c1-5-27-8-10-28(11-9-27)20-7-6-17(12-19(20)22)13-24-21(23-3)26(4)14-18-15-29-16(2)25-18;/h6-7,12,15H,5,8-11,13-14H2,1-4H3,(H,23,24);1H. The van der Waals surface area contributed by atoms with Crippen molar-refractivity contribution in [2.75, 3.05) is 51.7 Å². The first-order valence-corrected chi connectivity index (χ1v) is 11.0. The largest absolute Gasteiger partial charge is 0.367 e. The Balaban J connectivity index is 0.00000320. The molecule has 0 bridgehead atoms. The summed E-state index contributed by atoms with van der Waals surface area (Å²) in [7, 11) is 3.73. The second kappa shape index (κ2) is 11.8. The van der Waals surface area contributed by atoms with Crippen molar-refractivity contribution in [3.05, 3.63) is 45.7 Å². The first-order valence-electron chi connectivity index (χ1n) is 10.1. The van der Waals surface area contributed by atoms with E-state index < -0.39 is 0 Å². The number of anilines is 1. The highest BCUT2D eigenvalue weighted by Gasteiger charge is 2.18. The minimum Gasteiger partial charge on any atom is -0.367 e. The zero-order chi connectivity index (χ0) is 20.8. The van der Waals surface area contributed by atoms with Crippen LogP contribution in [0.1, 0.15) is 23.2 Å². The highest BCUT2D eigenvalue weighted by atomic mass is 127. The second-order valence-electron chi connectivity index (χ2n) is 7.32. The van der Waals surface area contributed by atoms with Crippen molar-refractivity contribution in [1.29, 1.82) is 0 Å². The molecule has 0 atom stereocenters. The number of aromatic nitrogens is 1. The van der Waals surface area contributed by atoms with Crippen LogP contribution in [0.4, 0.5) is 10.1 Å². The van der Waals surface area contributed by atoms with Crippen molar-refractivity contribution in [3.63, 3.8) is 0 Å². The predicted molar refractivity (Wildman–Crippen MR) is 135 cm³/mol. The topological polar surface area (TPSA) is 47.0 Å². The van der Waals surface area contributed by atoms with Crippen LogP contribution in [-0.4, -0.2) is 67.6 Å². The monoisotopic (exact) mass is 546 g/mol. The number of rotatable bonds is 6. The summed E-state index contributed by atoms with van der Waals surface area (Å²) in [5.74, 6) is 0.603. The number of guanidine groups is 1. The molecular formula is C21H32FIN6S. The molecule has 1 N–H and O–H groups in total. The molecule has 30 heavy (non-hydrogen) atoms. The minimum atomic E-state index is -0.157. The Morgan fingerprint density at radius 1 is 1.30 bits per heavy atom. The fraction of sp³-hybridized carbons (Fsp3) is 0.524. The van der Waals surface area contributed by atoms with Gasteiger partial charge in [0.05, 0.1) is 22.9 Å². The summed E-state index contributed by atoms with van der Waals surface area (Å²) in [5, 5.41) is 6.44. The summed E-state index contributed by atoms with van der Waals surface area (Å²) in [6.07, 6.45) is 0. The van der Waals surface area contributed by atoms with Gasteiger partial charge < -0.3 is 20.0 Å². The molecule has 1 aliphatic rings. The van der Waals surface area contributed by atoms with Gasteiger partial charge in [-0.25, -0.2) is 9.37 Å². The van der Waals surface area contributed by atoms with Crippen LogP contribution in [0.3, 0.4) is 0 Å². The molecule has 1 aromatic carbocycles. The zero-order valence-electron chi connectivity index (χ0n) is 18.2. The quantitative estimate of drug-likeness (QED) is 0.341. The number of aliphatic imine (C=N–C) groups is 1. The summed E-state index contributed by atoms with van der Waals surface area (Å²) in [4.78, 5) is 15.4. The predicted octanol–water partition coefficient (Wildman–Crippen LogP) is 3.56. The number of halogens is 2. The molecule has 0 aliphatic carbocycles. The van der Waals surface area contributed by atoms with Crippen LogP contribution >= 0.6 is 35.3 Å². The van der Waals surface area contributed by atoms with Gasteiger partial charge in [-0.05, 0) is 31.2 Å². The van der Waals surface area contributed by atoms with Gasteiger partial charge in [-0.3, -0.25) is 4.99 Å². The minimum absolute atomic E-state index is 0. The maximum atomic E-state index is 14.7. The molecule has 0 unspecified atom stereocenters. The summed E-state index contributed by atoms with van der Waals surface area (Å²) in [6, 6.07) is 5.53. The Morgan fingerprint density at radius 3 is 2.60 bits per heavy atom. The molecule has 0 radical (unpaired) electrons. The van der Waals surface area contributed by atoms with E-state index in [2.05, 4.69) is 37.4 Å². The van der Waals surface area contributed by atoms with Crippen LogP contribution in [-0.2, 0) is 13.1 Å². The van der Waals surface area contributed by atoms with Crippen LogP contribution in [0, 0.1) is 12.7 Å². The smallest absolute Gasteiger partial charge is 0.194 e. The van der Waals surface area contributed by atoms with Crippen LogP contribution in [0.5, 0.6) is 0 Å². The molecule has 0 saturated carbocycles. The number of piperazine rings is 1. The van der Waals surface area contributed by atoms with Gasteiger partial charge >= 0.3 is 0 Å². The van der Waals surface area contributed by atoms with E-state index in [1.807, 2.05) is 31.0 Å². The number of hydrogen-bond acceptors (Lipinski definition) is 5. The zero-order valence-corrected chi connectivity index (χ0v) is 21.3. The molecule has 1 saturated heterocycles. The van der Waals surface area contributed by atoms with E-state index in [0.717, 1.165) is 54.9 Å². The van der Waals surface area contributed by atoms with E-state index in [0.29, 0.717) is 18.8 Å². The Morgan fingerprint density at radius 2 is 2.03 bits per heavy atom. The van der Waals surface area contributed by atoms with E-state index in [1.165, 1.54) is 0 Å². The van der Waals surface area contributed by atoms with E-state index in [4.69, 9.17) is 0 Å². The van der Waals surface area contributed by atoms with Crippen LogP contribution < -0.4 is 10.2 Å². The number of nitrogens with zero attached hydrogens (tertiary/aromatic N) is 5.